The molecule has 1 aliphatic heterocycles. The molecule has 7 heteroatoms. The first-order valence-corrected chi connectivity index (χ1v) is 10.4. The number of aromatic nitrogens is 3. The minimum absolute atomic E-state index is 0.0279. The Balaban J connectivity index is 1.31. The first-order valence-electron chi connectivity index (χ1n) is 10.4. The fourth-order valence-corrected chi connectivity index (χ4v) is 3.98. The molecule has 156 valence electrons. The Labute approximate surface area is 180 Å². The lowest BCUT2D eigenvalue weighted by atomic mass is 10.0. The topological polar surface area (TPSA) is 89.4 Å². The zero-order valence-corrected chi connectivity index (χ0v) is 17.4. The third-order valence-electron chi connectivity index (χ3n) is 5.54. The lowest BCUT2D eigenvalue weighted by Crippen LogP contribution is -2.16. The van der Waals surface area contributed by atoms with Crippen molar-refractivity contribution in [1.29, 1.82) is 0 Å². The molecule has 3 heterocycles. The highest BCUT2D eigenvalue weighted by atomic mass is 16.5. The Hall–Kier alpha value is -3.61. The summed E-state index contributed by atoms with van der Waals surface area (Å²) in [5.41, 5.74) is 5.05. The molecule has 2 atom stereocenters. The summed E-state index contributed by atoms with van der Waals surface area (Å²) < 4.78 is 5.85. The van der Waals surface area contributed by atoms with Gasteiger partial charge in [-0.2, -0.15) is 0 Å². The van der Waals surface area contributed by atoms with E-state index in [-0.39, 0.29) is 23.8 Å². The van der Waals surface area contributed by atoms with E-state index in [2.05, 4.69) is 26.3 Å². The number of nitrogens with one attached hydrogen (secondary N) is 1. The fraction of sp³-hybridized carbons (Fsp3) is 0.292. The molecule has 0 spiro atoms. The highest BCUT2D eigenvalue weighted by Crippen LogP contribution is 2.47. The van der Waals surface area contributed by atoms with Crippen molar-refractivity contribution < 1.29 is 9.53 Å². The molecule has 0 saturated heterocycles. The number of hydrogen-bond donors (Lipinski definition) is 1. The fourth-order valence-electron chi connectivity index (χ4n) is 3.98. The summed E-state index contributed by atoms with van der Waals surface area (Å²) in [7, 11) is 0. The lowest BCUT2D eigenvalue weighted by Gasteiger charge is -2.12. The molecule has 0 bridgehead atoms. The molecule has 2 unspecified atom stereocenters. The van der Waals surface area contributed by atoms with Gasteiger partial charge in [0.1, 0.15) is 17.9 Å². The van der Waals surface area contributed by atoms with Gasteiger partial charge in [0.05, 0.1) is 18.4 Å². The summed E-state index contributed by atoms with van der Waals surface area (Å²) in [4.78, 5) is 29.8. The van der Waals surface area contributed by atoms with Crippen LogP contribution in [0.25, 0.3) is 0 Å². The van der Waals surface area contributed by atoms with Crippen molar-refractivity contribution in [3.05, 3.63) is 77.5 Å². The minimum Gasteiger partial charge on any atom is -0.491 e. The lowest BCUT2D eigenvalue weighted by molar-refractivity contribution is -0.117. The van der Waals surface area contributed by atoms with Gasteiger partial charge in [-0.3, -0.25) is 9.79 Å². The zero-order chi connectivity index (χ0) is 21.4. The van der Waals surface area contributed by atoms with Gasteiger partial charge in [0.25, 0.3) is 0 Å². The van der Waals surface area contributed by atoms with E-state index in [0.717, 1.165) is 34.6 Å². The Kier molecular flexibility index (Phi) is 4.94. The summed E-state index contributed by atoms with van der Waals surface area (Å²) in [6.07, 6.45) is 7.66. The maximum absolute atomic E-state index is 12.7. The molecule has 5 rings (SSSR count). The van der Waals surface area contributed by atoms with Crippen LogP contribution >= 0.6 is 0 Å². The Bertz CT molecular complexity index is 1160. The number of aliphatic imine (C=N–C) groups is 1. The third-order valence-corrected chi connectivity index (χ3v) is 5.54. The van der Waals surface area contributed by atoms with Gasteiger partial charge in [0.2, 0.25) is 5.91 Å². The van der Waals surface area contributed by atoms with Gasteiger partial charge in [-0.05, 0) is 61.6 Å². The predicted molar refractivity (Wildman–Crippen MR) is 117 cm³/mol. The SMILES string of the molecule is CC(C)Oc1ccc2c(c1)C(c1ccnc(NC(=O)C3CC3c3cncnc3)c1)=NC2. The van der Waals surface area contributed by atoms with Gasteiger partial charge < -0.3 is 10.1 Å². The molecule has 31 heavy (non-hydrogen) atoms. The van der Waals surface area contributed by atoms with Crippen molar-refractivity contribution in [1.82, 2.24) is 15.0 Å². The van der Waals surface area contributed by atoms with E-state index in [1.54, 1.807) is 18.6 Å². The molecule has 3 aromatic rings. The van der Waals surface area contributed by atoms with Crippen LogP contribution in [-0.4, -0.2) is 32.7 Å². The van der Waals surface area contributed by atoms with Crippen LogP contribution in [0.1, 0.15) is 48.4 Å². The number of carbonyl (C=O) groups is 1. The van der Waals surface area contributed by atoms with Gasteiger partial charge >= 0.3 is 0 Å². The van der Waals surface area contributed by atoms with E-state index in [1.807, 2.05) is 38.1 Å². The molecular weight excluding hydrogens is 390 g/mol. The van der Waals surface area contributed by atoms with Crippen LogP contribution < -0.4 is 10.1 Å². The smallest absolute Gasteiger partial charge is 0.229 e. The highest BCUT2D eigenvalue weighted by Gasteiger charge is 2.44. The molecular formula is C24H23N5O2. The number of hydrogen-bond acceptors (Lipinski definition) is 6. The van der Waals surface area contributed by atoms with E-state index >= 15 is 0 Å². The van der Waals surface area contributed by atoms with Crippen LogP contribution in [0.5, 0.6) is 5.75 Å². The highest BCUT2D eigenvalue weighted by molar-refractivity contribution is 6.15. The first-order chi connectivity index (χ1) is 15.1. The Morgan fingerprint density at radius 3 is 2.81 bits per heavy atom. The average molecular weight is 413 g/mol. The summed E-state index contributed by atoms with van der Waals surface area (Å²) in [6, 6.07) is 9.88. The molecule has 7 nitrogen and oxygen atoms in total. The standard InChI is InChI=1S/C24H23N5O2/c1-14(2)31-18-4-3-16-12-28-23(20(16)8-18)15-5-6-27-22(7-15)29-24(30)21-9-19(21)17-10-25-13-26-11-17/h3-8,10-11,13-14,19,21H,9,12H2,1-2H3,(H,27,29,30). The van der Waals surface area contributed by atoms with E-state index < -0.39 is 0 Å². The van der Waals surface area contributed by atoms with E-state index in [0.29, 0.717) is 12.4 Å². The number of amides is 1. The molecule has 1 aliphatic carbocycles. The normalized spacial score (nSPS) is 19.0. The summed E-state index contributed by atoms with van der Waals surface area (Å²) in [5, 5.41) is 2.96. The van der Waals surface area contributed by atoms with Crippen LogP contribution in [0.2, 0.25) is 0 Å². The van der Waals surface area contributed by atoms with Crippen molar-refractivity contribution in [2.75, 3.05) is 5.32 Å². The van der Waals surface area contributed by atoms with Gasteiger partial charge in [-0.25, -0.2) is 15.0 Å². The van der Waals surface area contributed by atoms with Gasteiger partial charge in [-0.1, -0.05) is 6.07 Å². The van der Waals surface area contributed by atoms with Crippen LogP contribution in [0.4, 0.5) is 5.82 Å². The second kappa shape index (κ2) is 7.91. The van der Waals surface area contributed by atoms with Gasteiger partial charge in [-0.15, -0.1) is 0 Å². The second-order valence-electron chi connectivity index (χ2n) is 8.19. The maximum Gasteiger partial charge on any atom is 0.229 e. The molecule has 2 aromatic heterocycles. The molecule has 1 saturated carbocycles. The average Bonchev–Trinajstić information content (AvgIpc) is 3.47. The zero-order valence-electron chi connectivity index (χ0n) is 17.4. The van der Waals surface area contributed by atoms with Crippen LogP contribution in [0.3, 0.4) is 0 Å². The number of rotatable bonds is 6. The number of fused-ring (bicyclic) bond motifs is 1. The minimum atomic E-state index is -0.0725. The Morgan fingerprint density at radius 2 is 2.00 bits per heavy atom. The molecule has 1 amide bonds. The number of anilines is 1. The summed E-state index contributed by atoms with van der Waals surface area (Å²) in [5.74, 6) is 1.44. The number of pyridine rings is 1. The predicted octanol–water partition coefficient (Wildman–Crippen LogP) is 3.75. The molecule has 1 N–H and O–H groups in total. The number of carbonyl (C=O) groups excluding carboxylic acids is 1. The Morgan fingerprint density at radius 1 is 1.16 bits per heavy atom. The van der Waals surface area contributed by atoms with Crippen molar-refractivity contribution in [2.45, 2.75) is 38.8 Å². The van der Waals surface area contributed by atoms with Crippen molar-refractivity contribution in [3.8, 4) is 5.75 Å². The van der Waals surface area contributed by atoms with Gasteiger partial charge in [0.15, 0.2) is 0 Å². The van der Waals surface area contributed by atoms with Crippen molar-refractivity contribution in [2.24, 2.45) is 10.9 Å². The number of ether oxygens (including phenoxy) is 1. The number of nitrogens with zero attached hydrogens (tertiary/aromatic N) is 4. The van der Waals surface area contributed by atoms with Crippen LogP contribution in [0, 0.1) is 5.92 Å². The van der Waals surface area contributed by atoms with Gasteiger partial charge in [0, 0.05) is 35.6 Å². The molecule has 1 fully saturated rings. The molecule has 2 aliphatic rings. The first kappa shape index (κ1) is 19.4. The molecule has 0 radical (unpaired) electrons. The second-order valence-corrected chi connectivity index (χ2v) is 8.19. The van der Waals surface area contributed by atoms with Crippen LogP contribution in [0.15, 0.2) is 60.2 Å². The van der Waals surface area contributed by atoms with Crippen LogP contribution in [-0.2, 0) is 11.3 Å². The summed E-state index contributed by atoms with van der Waals surface area (Å²) >= 11 is 0. The van der Waals surface area contributed by atoms with Crippen molar-refractivity contribution >= 4 is 17.4 Å². The molecule has 1 aromatic carbocycles. The van der Waals surface area contributed by atoms with E-state index in [1.165, 1.54) is 11.9 Å². The van der Waals surface area contributed by atoms with E-state index in [4.69, 9.17) is 9.73 Å². The largest absolute Gasteiger partial charge is 0.491 e. The summed E-state index contributed by atoms with van der Waals surface area (Å²) in [6.45, 7) is 4.66. The maximum atomic E-state index is 12.7. The monoisotopic (exact) mass is 413 g/mol. The van der Waals surface area contributed by atoms with Crippen molar-refractivity contribution in [3.63, 3.8) is 0 Å². The quantitative estimate of drug-likeness (QED) is 0.665. The number of benzene rings is 1. The third kappa shape index (κ3) is 4.03. The van der Waals surface area contributed by atoms with E-state index in [9.17, 15) is 4.79 Å².